The second-order valence-corrected chi connectivity index (χ2v) is 4.91. The smallest absolute Gasteiger partial charge is 0.225 e. The lowest BCUT2D eigenvalue weighted by Gasteiger charge is -2.16. The fourth-order valence-corrected chi connectivity index (χ4v) is 2.24. The fourth-order valence-electron chi connectivity index (χ4n) is 1.98. The van der Waals surface area contributed by atoms with E-state index in [0.717, 1.165) is 17.7 Å². The SMILES string of the molecule is O=C(Cc1ccc(F)cc1F)NC(CCl)c1ccccc1. The van der Waals surface area contributed by atoms with Crippen LogP contribution in [0.5, 0.6) is 0 Å². The van der Waals surface area contributed by atoms with Gasteiger partial charge in [-0.25, -0.2) is 8.78 Å². The number of hydrogen-bond acceptors (Lipinski definition) is 1. The van der Waals surface area contributed by atoms with Crippen molar-refractivity contribution in [3.05, 3.63) is 71.3 Å². The molecule has 2 aromatic rings. The van der Waals surface area contributed by atoms with Crippen LogP contribution in [0.4, 0.5) is 8.78 Å². The van der Waals surface area contributed by atoms with E-state index in [2.05, 4.69) is 5.32 Å². The molecule has 1 atom stereocenters. The summed E-state index contributed by atoms with van der Waals surface area (Å²) < 4.78 is 26.3. The zero-order valence-corrected chi connectivity index (χ0v) is 11.9. The van der Waals surface area contributed by atoms with E-state index in [1.165, 1.54) is 6.07 Å². The molecule has 0 aliphatic heterocycles. The topological polar surface area (TPSA) is 29.1 Å². The number of halogens is 3. The molecule has 0 aliphatic carbocycles. The summed E-state index contributed by atoms with van der Waals surface area (Å²) in [6.07, 6.45) is -0.160. The summed E-state index contributed by atoms with van der Waals surface area (Å²) in [7, 11) is 0. The molecule has 0 saturated heterocycles. The first kappa shape index (κ1) is 15.4. The van der Waals surface area contributed by atoms with Gasteiger partial charge in [0, 0.05) is 11.9 Å². The van der Waals surface area contributed by atoms with Crippen molar-refractivity contribution in [2.75, 3.05) is 5.88 Å². The van der Waals surface area contributed by atoms with Gasteiger partial charge in [0.1, 0.15) is 11.6 Å². The first-order valence-corrected chi connectivity index (χ1v) is 6.98. The van der Waals surface area contributed by atoms with Gasteiger partial charge in [0.2, 0.25) is 5.91 Å². The van der Waals surface area contributed by atoms with E-state index in [1.807, 2.05) is 30.3 Å². The van der Waals surface area contributed by atoms with Crippen molar-refractivity contribution >= 4 is 17.5 Å². The molecule has 0 spiro atoms. The van der Waals surface area contributed by atoms with Crippen LogP contribution in [0.2, 0.25) is 0 Å². The second-order valence-electron chi connectivity index (χ2n) is 4.60. The molecule has 0 aliphatic rings. The number of alkyl halides is 1. The van der Waals surface area contributed by atoms with Crippen molar-refractivity contribution in [1.82, 2.24) is 5.32 Å². The number of nitrogens with one attached hydrogen (secondary N) is 1. The molecule has 0 bridgehead atoms. The van der Waals surface area contributed by atoms with E-state index in [0.29, 0.717) is 0 Å². The maximum Gasteiger partial charge on any atom is 0.225 e. The Hall–Kier alpha value is -1.94. The van der Waals surface area contributed by atoms with E-state index in [1.54, 1.807) is 0 Å². The van der Waals surface area contributed by atoms with Crippen molar-refractivity contribution in [2.45, 2.75) is 12.5 Å². The highest BCUT2D eigenvalue weighted by atomic mass is 35.5. The molecule has 1 unspecified atom stereocenters. The molecule has 0 saturated carbocycles. The molecular formula is C16H14ClF2NO. The summed E-state index contributed by atoms with van der Waals surface area (Å²) in [5, 5.41) is 2.74. The van der Waals surface area contributed by atoms with Gasteiger partial charge in [0.05, 0.1) is 12.5 Å². The van der Waals surface area contributed by atoms with Gasteiger partial charge in [-0.2, -0.15) is 0 Å². The maximum atomic E-state index is 13.5. The Morgan fingerprint density at radius 1 is 1.14 bits per heavy atom. The zero-order valence-electron chi connectivity index (χ0n) is 11.2. The lowest BCUT2D eigenvalue weighted by molar-refractivity contribution is -0.121. The highest BCUT2D eigenvalue weighted by molar-refractivity contribution is 6.18. The van der Waals surface area contributed by atoms with Crippen molar-refractivity contribution in [3.8, 4) is 0 Å². The van der Waals surface area contributed by atoms with Crippen molar-refractivity contribution in [3.63, 3.8) is 0 Å². The van der Waals surface area contributed by atoms with Gasteiger partial charge in [0.25, 0.3) is 0 Å². The van der Waals surface area contributed by atoms with Crippen LogP contribution in [0.25, 0.3) is 0 Å². The minimum atomic E-state index is -0.729. The molecule has 0 heterocycles. The number of carbonyl (C=O) groups is 1. The first-order chi connectivity index (χ1) is 10.1. The van der Waals surface area contributed by atoms with Crippen molar-refractivity contribution in [1.29, 1.82) is 0 Å². The molecule has 2 nitrogen and oxygen atoms in total. The van der Waals surface area contributed by atoms with E-state index in [4.69, 9.17) is 11.6 Å². The third-order valence-corrected chi connectivity index (χ3v) is 3.37. The summed E-state index contributed by atoms with van der Waals surface area (Å²) in [5.41, 5.74) is 1.02. The summed E-state index contributed by atoms with van der Waals surface area (Å²) in [6, 6.07) is 12.1. The highest BCUT2D eigenvalue weighted by Gasteiger charge is 2.15. The lowest BCUT2D eigenvalue weighted by Crippen LogP contribution is -2.31. The van der Waals surface area contributed by atoms with Crippen LogP contribution in [0.1, 0.15) is 17.2 Å². The van der Waals surface area contributed by atoms with Crippen LogP contribution in [0, 0.1) is 11.6 Å². The zero-order chi connectivity index (χ0) is 15.2. The summed E-state index contributed by atoms with van der Waals surface area (Å²) >= 11 is 5.86. The average Bonchev–Trinajstić information content (AvgIpc) is 2.48. The van der Waals surface area contributed by atoms with Gasteiger partial charge >= 0.3 is 0 Å². The van der Waals surface area contributed by atoms with Crippen molar-refractivity contribution in [2.24, 2.45) is 0 Å². The Labute approximate surface area is 126 Å². The van der Waals surface area contributed by atoms with E-state index >= 15 is 0 Å². The first-order valence-electron chi connectivity index (χ1n) is 6.44. The second kappa shape index (κ2) is 7.18. The fraction of sp³-hybridized carbons (Fsp3) is 0.188. The van der Waals surface area contributed by atoms with Gasteiger partial charge in [-0.15, -0.1) is 11.6 Å². The van der Waals surface area contributed by atoms with Crippen LogP contribution in [-0.2, 0) is 11.2 Å². The maximum absolute atomic E-state index is 13.5. The molecule has 0 fully saturated rings. The highest BCUT2D eigenvalue weighted by Crippen LogP contribution is 2.15. The van der Waals surface area contributed by atoms with Crippen LogP contribution in [0.3, 0.4) is 0 Å². The molecule has 2 aromatic carbocycles. The molecule has 0 radical (unpaired) electrons. The number of benzene rings is 2. The van der Waals surface area contributed by atoms with E-state index in [-0.39, 0.29) is 29.8 Å². The minimum absolute atomic E-state index is 0.148. The quantitative estimate of drug-likeness (QED) is 0.840. The Morgan fingerprint density at radius 2 is 1.86 bits per heavy atom. The number of carbonyl (C=O) groups excluding carboxylic acids is 1. The lowest BCUT2D eigenvalue weighted by atomic mass is 10.1. The molecule has 1 N–H and O–H groups in total. The Morgan fingerprint density at radius 3 is 2.48 bits per heavy atom. The number of amides is 1. The third kappa shape index (κ3) is 4.26. The van der Waals surface area contributed by atoms with Crippen LogP contribution >= 0.6 is 11.6 Å². The van der Waals surface area contributed by atoms with Crippen molar-refractivity contribution < 1.29 is 13.6 Å². The van der Waals surface area contributed by atoms with E-state index in [9.17, 15) is 13.6 Å². The Kier molecular flexibility index (Phi) is 5.28. The number of rotatable bonds is 5. The molecule has 5 heteroatoms. The largest absolute Gasteiger partial charge is 0.348 e. The monoisotopic (exact) mass is 309 g/mol. The summed E-state index contributed by atoms with van der Waals surface area (Å²) in [4.78, 5) is 12.0. The molecule has 1 amide bonds. The molecular weight excluding hydrogens is 296 g/mol. The van der Waals surface area contributed by atoms with Crippen LogP contribution < -0.4 is 5.32 Å². The van der Waals surface area contributed by atoms with Gasteiger partial charge in [-0.05, 0) is 17.2 Å². The van der Waals surface area contributed by atoms with E-state index < -0.39 is 11.6 Å². The molecule has 2 rings (SSSR count). The Bertz CT molecular complexity index is 619. The molecule has 110 valence electrons. The predicted molar refractivity (Wildman–Crippen MR) is 78.1 cm³/mol. The average molecular weight is 310 g/mol. The standard InChI is InChI=1S/C16H14ClF2NO/c17-10-15(11-4-2-1-3-5-11)20-16(21)8-12-6-7-13(18)9-14(12)19/h1-7,9,15H,8,10H2,(H,20,21). The summed E-state index contributed by atoms with van der Waals surface area (Å²) in [5.74, 6) is -1.55. The predicted octanol–water partition coefficient (Wildman–Crippen LogP) is 3.60. The minimum Gasteiger partial charge on any atom is -0.348 e. The summed E-state index contributed by atoms with van der Waals surface area (Å²) in [6.45, 7) is 0. The van der Waals surface area contributed by atoms with Gasteiger partial charge < -0.3 is 5.32 Å². The van der Waals surface area contributed by atoms with Gasteiger partial charge in [-0.1, -0.05) is 36.4 Å². The van der Waals surface area contributed by atoms with Crippen LogP contribution in [0.15, 0.2) is 48.5 Å². The van der Waals surface area contributed by atoms with Gasteiger partial charge in [-0.3, -0.25) is 4.79 Å². The van der Waals surface area contributed by atoms with Crippen LogP contribution in [-0.4, -0.2) is 11.8 Å². The Balaban J connectivity index is 2.03. The van der Waals surface area contributed by atoms with Gasteiger partial charge in [0.15, 0.2) is 0 Å². The molecule has 0 aromatic heterocycles. The third-order valence-electron chi connectivity index (χ3n) is 3.06. The molecule has 21 heavy (non-hydrogen) atoms. The normalized spacial score (nSPS) is 12.0. The number of hydrogen-bond donors (Lipinski definition) is 1.